The Morgan fingerprint density at radius 2 is 1.93 bits per heavy atom. The molecule has 0 spiro atoms. The Balaban J connectivity index is 1.78. The summed E-state index contributed by atoms with van der Waals surface area (Å²) in [5.41, 5.74) is 0.260. The minimum absolute atomic E-state index is 0.00460. The van der Waals surface area contributed by atoms with Gasteiger partial charge in [-0.3, -0.25) is 0 Å². The van der Waals surface area contributed by atoms with Gasteiger partial charge in [0.1, 0.15) is 23.1 Å². The summed E-state index contributed by atoms with van der Waals surface area (Å²) in [6.45, 7) is 3.15. The van der Waals surface area contributed by atoms with Crippen LogP contribution in [0.25, 0.3) is 0 Å². The highest BCUT2D eigenvalue weighted by molar-refractivity contribution is 7.90. The van der Waals surface area contributed by atoms with Gasteiger partial charge in [0.15, 0.2) is 5.82 Å². The summed E-state index contributed by atoms with van der Waals surface area (Å²) in [7, 11) is -4.03. The van der Waals surface area contributed by atoms with E-state index < -0.39 is 27.6 Å². The van der Waals surface area contributed by atoms with E-state index in [1.54, 1.807) is 19.9 Å². The van der Waals surface area contributed by atoms with Crippen LogP contribution in [0.4, 0.5) is 14.5 Å². The predicted molar refractivity (Wildman–Crippen MR) is 104 cm³/mol. The van der Waals surface area contributed by atoms with Gasteiger partial charge < -0.3 is 9.84 Å². The van der Waals surface area contributed by atoms with E-state index in [9.17, 15) is 17.2 Å². The number of guanidine groups is 1. The molecule has 1 atom stereocenters. The highest BCUT2D eigenvalue weighted by Crippen LogP contribution is 2.38. The number of anilines is 1. The fourth-order valence-corrected chi connectivity index (χ4v) is 4.44. The Hall–Kier alpha value is -3.34. The molecular formula is C19H17F2N5O3S. The molecule has 3 aromatic rings. The lowest BCUT2D eigenvalue weighted by atomic mass is 9.91. The van der Waals surface area contributed by atoms with Gasteiger partial charge in [-0.1, -0.05) is 30.3 Å². The number of aromatic nitrogens is 2. The van der Waals surface area contributed by atoms with Crippen LogP contribution in [0.2, 0.25) is 0 Å². The van der Waals surface area contributed by atoms with E-state index in [4.69, 9.17) is 4.52 Å². The smallest absolute Gasteiger partial charge is 0.266 e. The molecule has 0 radical (unpaired) electrons. The van der Waals surface area contributed by atoms with E-state index in [0.717, 1.165) is 12.1 Å². The second-order valence-electron chi connectivity index (χ2n) is 6.71. The lowest BCUT2D eigenvalue weighted by Crippen LogP contribution is -2.41. The summed E-state index contributed by atoms with van der Waals surface area (Å²) in [6.07, 6.45) is 0. The lowest BCUT2D eigenvalue weighted by molar-refractivity contribution is 0.376. The van der Waals surface area contributed by atoms with Crippen LogP contribution in [0.1, 0.15) is 35.7 Å². The summed E-state index contributed by atoms with van der Waals surface area (Å²) >= 11 is 0. The number of nitrogens with one attached hydrogen (secondary N) is 2. The number of benzene rings is 2. The third-order valence-electron chi connectivity index (χ3n) is 4.66. The molecule has 2 heterocycles. The van der Waals surface area contributed by atoms with E-state index >= 15 is 0 Å². The first-order valence-corrected chi connectivity index (χ1v) is 10.4. The van der Waals surface area contributed by atoms with Crippen molar-refractivity contribution in [3.8, 4) is 0 Å². The highest BCUT2D eigenvalue weighted by atomic mass is 32.2. The molecule has 2 N–H and O–H groups in total. The van der Waals surface area contributed by atoms with Crippen molar-refractivity contribution in [1.82, 2.24) is 14.9 Å². The Bertz CT molecular complexity index is 1260. The molecule has 0 aliphatic carbocycles. The van der Waals surface area contributed by atoms with Crippen LogP contribution in [-0.4, -0.2) is 24.5 Å². The van der Waals surface area contributed by atoms with Gasteiger partial charge in [0.05, 0.1) is 5.69 Å². The minimum atomic E-state index is -4.03. The topological polar surface area (TPSA) is 109 Å². The average molecular weight is 433 g/mol. The molecular weight excluding hydrogens is 416 g/mol. The SMILES string of the molecule is Cc1noc(CN=C2Nc3c(ccc(F)c3C(C)c3ccccc3F)S(=O)(=O)N2)n1. The van der Waals surface area contributed by atoms with E-state index in [1.807, 2.05) is 0 Å². The third-order valence-corrected chi connectivity index (χ3v) is 6.05. The molecule has 0 amide bonds. The monoisotopic (exact) mass is 433 g/mol. The van der Waals surface area contributed by atoms with Gasteiger partial charge in [-0.05, 0) is 30.7 Å². The van der Waals surface area contributed by atoms with Gasteiger partial charge in [-0.25, -0.2) is 26.9 Å². The Morgan fingerprint density at radius 1 is 1.17 bits per heavy atom. The van der Waals surface area contributed by atoms with Crippen LogP contribution in [0.15, 0.2) is 50.8 Å². The number of aryl methyl sites for hydroxylation is 1. The van der Waals surface area contributed by atoms with Crippen LogP contribution in [0.3, 0.4) is 0 Å². The molecule has 30 heavy (non-hydrogen) atoms. The first-order chi connectivity index (χ1) is 14.3. The molecule has 1 unspecified atom stereocenters. The molecule has 0 saturated carbocycles. The summed E-state index contributed by atoms with van der Waals surface area (Å²) in [5, 5.41) is 6.45. The van der Waals surface area contributed by atoms with E-state index in [-0.39, 0.29) is 40.1 Å². The zero-order valence-corrected chi connectivity index (χ0v) is 16.8. The van der Waals surface area contributed by atoms with Gasteiger partial charge in [0.25, 0.3) is 10.0 Å². The zero-order valence-electron chi connectivity index (χ0n) is 16.0. The summed E-state index contributed by atoms with van der Waals surface area (Å²) < 4.78 is 61.8. The van der Waals surface area contributed by atoms with Crippen molar-refractivity contribution in [1.29, 1.82) is 0 Å². The van der Waals surface area contributed by atoms with Crippen LogP contribution in [0.5, 0.6) is 0 Å². The fraction of sp³-hybridized carbons (Fsp3) is 0.211. The maximum Gasteiger partial charge on any atom is 0.266 e. The predicted octanol–water partition coefficient (Wildman–Crippen LogP) is 3.07. The standard InChI is InChI=1S/C19H17F2N5O3S/c1-10(12-5-3-4-6-13(12)20)17-14(21)7-8-15-18(17)24-19(26-30(15,27)28)22-9-16-23-11(2)25-29-16/h3-8,10H,9H2,1-2H3,(H2,22,24,26). The number of aliphatic imine (C=N–C) groups is 1. The number of sulfonamides is 1. The number of fused-ring (bicyclic) bond motifs is 1. The first kappa shape index (κ1) is 20.0. The van der Waals surface area contributed by atoms with Gasteiger partial charge in [0.2, 0.25) is 11.9 Å². The van der Waals surface area contributed by atoms with Crippen molar-refractivity contribution in [3.05, 3.63) is 70.9 Å². The number of nitrogens with zero attached hydrogens (tertiary/aromatic N) is 3. The van der Waals surface area contributed by atoms with E-state index in [1.165, 1.54) is 18.2 Å². The summed E-state index contributed by atoms with van der Waals surface area (Å²) in [4.78, 5) is 7.94. The lowest BCUT2D eigenvalue weighted by Gasteiger charge is -2.26. The van der Waals surface area contributed by atoms with Crippen LogP contribution < -0.4 is 10.0 Å². The normalized spacial score (nSPS) is 17.1. The van der Waals surface area contributed by atoms with Crippen molar-refractivity contribution in [2.75, 3.05) is 5.32 Å². The Kier molecular flexibility index (Phi) is 4.98. The van der Waals surface area contributed by atoms with Crippen LogP contribution in [0, 0.1) is 18.6 Å². The number of hydrogen-bond acceptors (Lipinski definition) is 6. The van der Waals surface area contributed by atoms with Crippen LogP contribution in [-0.2, 0) is 16.6 Å². The van der Waals surface area contributed by atoms with Crippen molar-refractivity contribution in [2.24, 2.45) is 4.99 Å². The van der Waals surface area contributed by atoms with E-state index in [2.05, 4.69) is 25.2 Å². The van der Waals surface area contributed by atoms with Crippen molar-refractivity contribution < 1.29 is 21.7 Å². The number of hydrogen-bond donors (Lipinski definition) is 2. The Morgan fingerprint density at radius 3 is 2.63 bits per heavy atom. The quantitative estimate of drug-likeness (QED) is 0.655. The van der Waals surface area contributed by atoms with Gasteiger partial charge in [0, 0.05) is 11.5 Å². The maximum atomic E-state index is 14.8. The van der Waals surface area contributed by atoms with Crippen molar-refractivity contribution in [3.63, 3.8) is 0 Å². The molecule has 156 valence electrons. The first-order valence-electron chi connectivity index (χ1n) is 8.96. The molecule has 0 saturated heterocycles. The molecule has 8 nitrogen and oxygen atoms in total. The molecule has 11 heteroatoms. The fourth-order valence-electron chi connectivity index (χ4n) is 3.28. The largest absolute Gasteiger partial charge is 0.337 e. The number of halogens is 2. The molecule has 1 aromatic heterocycles. The van der Waals surface area contributed by atoms with Crippen molar-refractivity contribution in [2.45, 2.75) is 31.2 Å². The average Bonchev–Trinajstić information content (AvgIpc) is 3.11. The Labute approximate surface area is 171 Å². The summed E-state index contributed by atoms with van der Waals surface area (Å²) in [6, 6.07) is 8.16. The summed E-state index contributed by atoms with van der Waals surface area (Å²) in [5.74, 6) is -1.48. The van der Waals surface area contributed by atoms with Crippen LogP contribution >= 0.6 is 0 Å². The van der Waals surface area contributed by atoms with Gasteiger partial charge in [-0.15, -0.1) is 0 Å². The van der Waals surface area contributed by atoms with Gasteiger partial charge >= 0.3 is 0 Å². The third kappa shape index (κ3) is 3.63. The zero-order chi connectivity index (χ0) is 21.5. The highest BCUT2D eigenvalue weighted by Gasteiger charge is 2.32. The van der Waals surface area contributed by atoms with Gasteiger partial charge in [-0.2, -0.15) is 4.98 Å². The van der Waals surface area contributed by atoms with E-state index in [0.29, 0.717) is 5.82 Å². The second-order valence-corrected chi connectivity index (χ2v) is 8.36. The number of rotatable bonds is 4. The molecule has 1 aliphatic rings. The minimum Gasteiger partial charge on any atom is -0.337 e. The van der Waals surface area contributed by atoms with Crippen molar-refractivity contribution >= 4 is 21.7 Å². The molecule has 2 aromatic carbocycles. The second kappa shape index (κ2) is 7.48. The molecule has 1 aliphatic heterocycles. The molecule has 0 bridgehead atoms. The molecule has 0 fully saturated rings. The molecule has 4 rings (SSSR count). The maximum absolute atomic E-state index is 14.8.